The number of nitrogens with zero attached hydrogens (tertiary/aromatic N) is 1. The molecule has 2 aromatic rings. The van der Waals surface area contributed by atoms with Gasteiger partial charge in [-0.05, 0) is 55.2 Å². The van der Waals surface area contributed by atoms with Gasteiger partial charge >= 0.3 is 0 Å². The number of Topliss-reactive ketones (excluding diaryl/α,β-unsaturated/α-hetero) is 1. The number of carbonyl (C=O) groups is 1. The molecule has 92 valence electrons. The molecular formula is C16H17NO. The summed E-state index contributed by atoms with van der Waals surface area (Å²) in [7, 11) is 0. The summed E-state index contributed by atoms with van der Waals surface area (Å²) < 4.78 is 0. The van der Waals surface area contributed by atoms with Crippen LogP contribution in [0.2, 0.25) is 0 Å². The van der Waals surface area contributed by atoms with Gasteiger partial charge in [0.1, 0.15) is 0 Å². The second-order valence-corrected chi connectivity index (χ2v) is 4.71. The predicted molar refractivity (Wildman–Crippen MR) is 72.9 cm³/mol. The maximum Gasteiger partial charge on any atom is 0.167 e. The van der Waals surface area contributed by atoms with Gasteiger partial charge in [-0.1, -0.05) is 12.1 Å². The van der Waals surface area contributed by atoms with E-state index in [-0.39, 0.29) is 5.78 Å². The van der Waals surface area contributed by atoms with Crippen LogP contribution in [0.4, 0.5) is 0 Å². The van der Waals surface area contributed by atoms with Crippen molar-refractivity contribution >= 4 is 5.78 Å². The van der Waals surface area contributed by atoms with Crippen LogP contribution in [0.1, 0.15) is 32.6 Å². The maximum atomic E-state index is 12.3. The van der Waals surface area contributed by atoms with Crippen LogP contribution in [0.3, 0.4) is 0 Å². The van der Waals surface area contributed by atoms with Crippen molar-refractivity contribution in [2.24, 2.45) is 0 Å². The van der Waals surface area contributed by atoms with Gasteiger partial charge in [-0.25, -0.2) is 0 Å². The molecule has 0 spiro atoms. The number of ketones is 1. The van der Waals surface area contributed by atoms with Gasteiger partial charge in [-0.2, -0.15) is 0 Å². The van der Waals surface area contributed by atoms with E-state index in [1.165, 1.54) is 5.56 Å². The van der Waals surface area contributed by atoms with Crippen LogP contribution in [0.5, 0.6) is 0 Å². The highest BCUT2D eigenvalue weighted by molar-refractivity contribution is 5.99. The molecule has 2 nitrogen and oxygen atoms in total. The average molecular weight is 239 g/mol. The van der Waals surface area contributed by atoms with Crippen LogP contribution >= 0.6 is 0 Å². The summed E-state index contributed by atoms with van der Waals surface area (Å²) in [5.41, 5.74) is 5.22. The third kappa shape index (κ3) is 2.65. The number of aryl methyl sites for hydroxylation is 3. The molecule has 0 saturated carbocycles. The van der Waals surface area contributed by atoms with Gasteiger partial charge in [0.15, 0.2) is 5.78 Å². The molecule has 0 N–H and O–H groups in total. The monoisotopic (exact) mass is 239 g/mol. The molecule has 18 heavy (non-hydrogen) atoms. The Balaban J connectivity index is 2.27. The van der Waals surface area contributed by atoms with Gasteiger partial charge < -0.3 is 0 Å². The molecule has 0 fully saturated rings. The molecule has 1 aromatic heterocycles. The first kappa shape index (κ1) is 12.5. The Hall–Kier alpha value is -1.96. The Bertz CT molecular complexity index is 573. The standard InChI is InChI=1S/C16H17NO/c1-11-7-13(3)15(8-12(11)2)16(18)9-14-5-4-6-17-10-14/h4-8,10H,9H2,1-3H3. The van der Waals surface area contributed by atoms with E-state index in [2.05, 4.69) is 18.0 Å². The molecule has 1 heterocycles. The zero-order valence-electron chi connectivity index (χ0n) is 11.0. The summed E-state index contributed by atoms with van der Waals surface area (Å²) in [6.45, 7) is 6.09. The molecule has 0 aliphatic rings. The number of benzene rings is 1. The lowest BCUT2D eigenvalue weighted by Gasteiger charge is -2.09. The number of hydrogen-bond donors (Lipinski definition) is 0. The van der Waals surface area contributed by atoms with Crippen molar-refractivity contribution < 1.29 is 4.79 Å². The first-order valence-corrected chi connectivity index (χ1v) is 6.08. The quantitative estimate of drug-likeness (QED) is 0.768. The smallest absolute Gasteiger partial charge is 0.167 e. The summed E-state index contributed by atoms with van der Waals surface area (Å²) >= 11 is 0. The van der Waals surface area contributed by atoms with E-state index in [4.69, 9.17) is 0 Å². The molecule has 0 aliphatic heterocycles. The van der Waals surface area contributed by atoms with E-state index in [9.17, 15) is 4.79 Å². The molecular weight excluding hydrogens is 222 g/mol. The predicted octanol–water partition coefficient (Wildman–Crippen LogP) is 3.43. The summed E-state index contributed by atoms with van der Waals surface area (Å²) in [5.74, 6) is 0.156. The van der Waals surface area contributed by atoms with Crippen LogP contribution < -0.4 is 0 Å². The zero-order valence-corrected chi connectivity index (χ0v) is 11.0. The van der Waals surface area contributed by atoms with Gasteiger partial charge in [0.2, 0.25) is 0 Å². The lowest BCUT2D eigenvalue weighted by atomic mass is 9.95. The Kier molecular flexibility index (Phi) is 3.56. The fraction of sp³-hybridized carbons (Fsp3) is 0.250. The van der Waals surface area contributed by atoms with Crippen LogP contribution in [-0.2, 0) is 6.42 Å². The fourth-order valence-electron chi connectivity index (χ4n) is 2.04. The highest BCUT2D eigenvalue weighted by atomic mass is 16.1. The molecule has 0 aliphatic carbocycles. The maximum absolute atomic E-state index is 12.3. The van der Waals surface area contributed by atoms with E-state index in [1.54, 1.807) is 12.4 Å². The van der Waals surface area contributed by atoms with E-state index in [1.807, 2.05) is 32.0 Å². The van der Waals surface area contributed by atoms with Gasteiger partial charge in [-0.15, -0.1) is 0 Å². The Labute approximate surface area is 108 Å². The zero-order chi connectivity index (χ0) is 13.1. The third-order valence-electron chi connectivity index (χ3n) is 3.23. The Morgan fingerprint density at radius 1 is 1.11 bits per heavy atom. The lowest BCUT2D eigenvalue weighted by molar-refractivity contribution is 0.0992. The number of hydrogen-bond acceptors (Lipinski definition) is 2. The highest BCUT2D eigenvalue weighted by Gasteiger charge is 2.11. The second-order valence-electron chi connectivity index (χ2n) is 4.71. The van der Waals surface area contributed by atoms with Crippen molar-refractivity contribution in [3.05, 3.63) is 64.5 Å². The molecule has 0 radical (unpaired) electrons. The normalized spacial score (nSPS) is 10.4. The van der Waals surface area contributed by atoms with Crippen molar-refractivity contribution in [2.75, 3.05) is 0 Å². The van der Waals surface area contributed by atoms with Gasteiger partial charge in [0.25, 0.3) is 0 Å². The van der Waals surface area contributed by atoms with Crippen molar-refractivity contribution in [3.8, 4) is 0 Å². The second kappa shape index (κ2) is 5.13. The number of pyridine rings is 1. The van der Waals surface area contributed by atoms with Crippen molar-refractivity contribution in [1.82, 2.24) is 4.98 Å². The van der Waals surface area contributed by atoms with Crippen LogP contribution in [0, 0.1) is 20.8 Å². The first-order valence-electron chi connectivity index (χ1n) is 6.08. The van der Waals surface area contributed by atoms with E-state index < -0.39 is 0 Å². The first-order chi connectivity index (χ1) is 8.58. The largest absolute Gasteiger partial charge is 0.294 e. The van der Waals surface area contributed by atoms with Gasteiger partial charge in [-0.3, -0.25) is 9.78 Å². The third-order valence-corrected chi connectivity index (χ3v) is 3.23. The highest BCUT2D eigenvalue weighted by Crippen LogP contribution is 2.17. The molecule has 2 rings (SSSR count). The summed E-state index contributed by atoms with van der Waals surface area (Å²) in [6.07, 6.45) is 3.88. The van der Waals surface area contributed by atoms with Crippen LogP contribution in [-0.4, -0.2) is 10.8 Å². The fourth-order valence-corrected chi connectivity index (χ4v) is 2.04. The SMILES string of the molecule is Cc1cc(C)c(C(=O)Cc2cccnc2)cc1C. The summed E-state index contributed by atoms with van der Waals surface area (Å²) in [5, 5.41) is 0. The van der Waals surface area contributed by atoms with Crippen molar-refractivity contribution in [1.29, 1.82) is 0 Å². The molecule has 0 unspecified atom stereocenters. The van der Waals surface area contributed by atoms with Crippen LogP contribution in [0.15, 0.2) is 36.7 Å². The molecule has 1 aromatic carbocycles. The summed E-state index contributed by atoms with van der Waals surface area (Å²) in [6, 6.07) is 7.85. The minimum absolute atomic E-state index is 0.156. The molecule has 0 bridgehead atoms. The lowest BCUT2D eigenvalue weighted by Crippen LogP contribution is -2.07. The van der Waals surface area contributed by atoms with E-state index in [0.29, 0.717) is 6.42 Å². The molecule has 2 heteroatoms. The van der Waals surface area contributed by atoms with Crippen molar-refractivity contribution in [2.45, 2.75) is 27.2 Å². The van der Waals surface area contributed by atoms with Crippen LogP contribution in [0.25, 0.3) is 0 Å². The minimum atomic E-state index is 0.156. The number of carbonyl (C=O) groups excluding carboxylic acids is 1. The number of rotatable bonds is 3. The summed E-state index contributed by atoms with van der Waals surface area (Å²) in [4.78, 5) is 16.3. The Morgan fingerprint density at radius 3 is 2.50 bits per heavy atom. The van der Waals surface area contributed by atoms with E-state index >= 15 is 0 Å². The number of aromatic nitrogens is 1. The molecule has 0 amide bonds. The molecule has 0 saturated heterocycles. The molecule has 0 atom stereocenters. The van der Waals surface area contributed by atoms with E-state index in [0.717, 1.165) is 22.3 Å². The minimum Gasteiger partial charge on any atom is -0.294 e. The average Bonchev–Trinajstić information content (AvgIpc) is 2.35. The van der Waals surface area contributed by atoms with Gasteiger partial charge in [0.05, 0.1) is 0 Å². The van der Waals surface area contributed by atoms with Gasteiger partial charge in [0, 0.05) is 24.4 Å². The Morgan fingerprint density at radius 2 is 1.83 bits per heavy atom. The topological polar surface area (TPSA) is 30.0 Å². The van der Waals surface area contributed by atoms with Crippen molar-refractivity contribution in [3.63, 3.8) is 0 Å².